The summed E-state index contributed by atoms with van der Waals surface area (Å²) < 4.78 is 21.7. The summed E-state index contributed by atoms with van der Waals surface area (Å²) in [5.41, 5.74) is 5.56. The Morgan fingerprint density at radius 3 is 2.35 bits per heavy atom. The average Bonchev–Trinajstić information content (AvgIpc) is 2.57. The Morgan fingerprint density at radius 1 is 1.25 bits per heavy atom. The molecule has 1 heterocycles. The second kappa shape index (κ2) is 7.22. The Kier molecular flexibility index (Phi) is 6.19. The SMILES string of the molecule is COCOCCN=CC(=CN)B1OC(C)(C)C(C)(C)O1. The molecule has 1 fully saturated rings. The first-order valence-corrected chi connectivity index (χ1v) is 6.68. The highest BCUT2D eigenvalue weighted by Crippen LogP contribution is 2.38. The van der Waals surface area contributed by atoms with Crippen molar-refractivity contribution in [2.45, 2.75) is 38.9 Å². The third-order valence-electron chi connectivity index (χ3n) is 3.52. The van der Waals surface area contributed by atoms with Gasteiger partial charge in [0.25, 0.3) is 0 Å². The van der Waals surface area contributed by atoms with Crippen molar-refractivity contribution in [3.63, 3.8) is 0 Å². The standard InChI is InChI=1S/C13H25BN2O4/c1-12(2)13(3,4)20-14(19-12)11(8-15)9-16-6-7-18-10-17-5/h8-9H,6-7,10,15H2,1-5H3. The maximum atomic E-state index is 5.90. The zero-order valence-electron chi connectivity index (χ0n) is 13.0. The molecule has 0 aromatic heterocycles. The summed E-state index contributed by atoms with van der Waals surface area (Å²) in [6.07, 6.45) is 3.12. The monoisotopic (exact) mass is 284 g/mol. The molecule has 0 spiro atoms. The minimum absolute atomic E-state index is 0.270. The lowest BCUT2D eigenvalue weighted by molar-refractivity contribution is -0.0270. The van der Waals surface area contributed by atoms with E-state index in [1.807, 2.05) is 27.7 Å². The summed E-state index contributed by atoms with van der Waals surface area (Å²) >= 11 is 0. The number of methoxy groups -OCH3 is 1. The van der Waals surface area contributed by atoms with E-state index in [-0.39, 0.29) is 18.0 Å². The van der Waals surface area contributed by atoms with E-state index in [1.54, 1.807) is 13.3 Å². The molecule has 0 saturated carbocycles. The van der Waals surface area contributed by atoms with Gasteiger partial charge in [-0.25, -0.2) is 0 Å². The molecule has 2 N–H and O–H groups in total. The van der Waals surface area contributed by atoms with Crippen molar-refractivity contribution in [2.24, 2.45) is 10.7 Å². The topological polar surface area (TPSA) is 75.3 Å². The van der Waals surface area contributed by atoms with Crippen molar-refractivity contribution < 1.29 is 18.8 Å². The molecule has 0 bridgehead atoms. The van der Waals surface area contributed by atoms with E-state index in [9.17, 15) is 0 Å². The molecule has 0 aromatic rings. The molecule has 1 saturated heterocycles. The maximum absolute atomic E-state index is 5.90. The van der Waals surface area contributed by atoms with E-state index in [4.69, 9.17) is 24.5 Å². The first-order chi connectivity index (χ1) is 9.34. The predicted molar refractivity (Wildman–Crippen MR) is 79.5 cm³/mol. The van der Waals surface area contributed by atoms with E-state index < -0.39 is 7.12 Å². The smallest absolute Gasteiger partial charge is 0.405 e. The van der Waals surface area contributed by atoms with E-state index in [0.717, 1.165) is 0 Å². The van der Waals surface area contributed by atoms with Crippen LogP contribution in [0.4, 0.5) is 0 Å². The summed E-state index contributed by atoms with van der Waals surface area (Å²) in [6.45, 7) is 9.28. The van der Waals surface area contributed by atoms with Gasteiger partial charge in [-0.1, -0.05) is 0 Å². The lowest BCUT2D eigenvalue weighted by Gasteiger charge is -2.32. The van der Waals surface area contributed by atoms with Crippen LogP contribution in [0.25, 0.3) is 0 Å². The highest BCUT2D eigenvalue weighted by molar-refractivity contribution is 6.60. The molecule has 0 atom stereocenters. The maximum Gasteiger partial charge on any atom is 0.497 e. The number of hydrogen-bond donors (Lipinski definition) is 1. The van der Waals surface area contributed by atoms with Crippen molar-refractivity contribution in [2.75, 3.05) is 27.1 Å². The molecular formula is C13H25BN2O4. The fourth-order valence-corrected chi connectivity index (χ4v) is 1.59. The zero-order valence-corrected chi connectivity index (χ0v) is 13.0. The summed E-state index contributed by atoms with van der Waals surface area (Å²) in [5, 5.41) is 0. The first-order valence-electron chi connectivity index (χ1n) is 6.68. The van der Waals surface area contributed by atoms with Gasteiger partial charge in [0.2, 0.25) is 0 Å². The summed E-state index contributed by atoms with van der Waals surface area (Å²) in [6, 6.07) is 0. The number of ether oxygens (including phenoxy) is 2. The van der Waals surface area contributed by atoms with Gasteiger partial charge in [0, 0.05) is 18.8 Å². The summed E-state index contributed by atoms with van der Waals surface area (Å²) in [5.74, 6) is 0. The van der Waals surface area contributed by atoms with Gasteiger partial charge >= 0.3 is 7.12 Å². The Labute approximate surface area is 121 Å². The average molecular weight is 284 g/mol. The normalized spacial score (nSPS) is 21.9. The van der Waals surface area contributed by atoms with E-state index in [2.05, 4.69) is 4.99 Å². The quantitative estimate of drug-likeness (QED) is 0.328. The summed E-state index contributed by atoms with van der Waals surface area (Å²) in [7, 11) is 1.09. The van der Waals surface area contributed by atoms with Gasteiger partial charge in [-0.15, -0.1) is 0 Å². The fourth-order valence-electron chi connectivity index (χ4n) is 1.59. The van der Waals surface area contributed by atoms with Crippen LogP contribution in [0.15, 0.2) is 16.7 Å². The van der Waals surface area contributed by atoms with Gasteiger partial charge in [0.1, 0.15) is 6.79 Å². The van der Waals surface area contributed by atoms with Gasteiger partial charge < -0.3 is 24.5 Å². The van der Waals surface area contributed by atoms with E-state index in [0.29, 0.717) is 18.6 Å². The highest BCUT2D eigenvalue weighted by Gasteiger charge is 2.52. The molecule has 0 aromatic carbocycles. The number of nitrogens with zero attached hydrogens (tertiary/aromatic N) is 1. The molecule has 0 amide bonds. The van der Waals surface area contributed by atoms with Gasteiger partial charge in [-0.3, -0.25) is 4.99 Å². The van der Waals surface area contributed by atoms with E-state index in [1.165, 1.54) is 6.20 Å². The molecule has 7 heteroatoms. The van der Waals surface area contributed by atoms with Gasteiger partial charge in [-0.05, 0) is 33.9 Å². The molecule has 1 aliphatic heterocycles. The molecule has 0 unspecified atom stereocenters. The Hall–Kier alpha value is -0.885. The molecule has 1 aliphatic rings. The molecule has 114 valence electrons. The third-order valence-corrected chi connectivity index (χ3v) is 3.52. The second-order valence-corrected chi connectivity index (χ2v) is 5.60. The van der Waals surface area contributed by atoms with Crippen LogP contribution in [0, 0.1) is 0 Å². The van der Waals surface area contributed by atoms with Crippen LogP contribution >= 0.6 is 0 Å². The third kappa shape index (κ3) is 4.31. The fraction of sp³-hybridized carbons (Fsp3) is 0.769. The van der Waals surface area contributed by atoms with Crippen LogP contribution in [0.5, 0.6) is 0 Å². The van der Waals surface area contributed by atoms with Crippen molar-refractivity contribution in [1.29, 1.82) is 0 Å². The predicted octanol–water partition coefficient (Wildman–Crippen LogP) is 1.15. The lowest BCUT2D eigenvalue weighted by atomic mass is 9.79. The molecule has 1 rings (SSSR count). The van der Waals surface area contributed by atoms with Crippen LogP contribution in [-0.4, -0.2) is 51.6 Å². The van der Waals surface area contributed by atoms with Crippen LogP contribution in [0.2, 0.25) is 0 Å². The van der Waals surface area contributed by atoms with E-state index >= 15 is 0 Å². The number of allylic oxidation sites excluding steroid dienone is 1. The zero-order chi connectivity index (χ0) is 15.2. The van der Waals surface area contributed by atoms with Crippen molar-refractivity contribution >= 4 is 13.3 Å². The summed E-state index contributed by atoms with van der Waals surface area (Å²) in [4.78, 5) is 4.24. The minimum Gasteiger partial charge on any atom is -0.405 e. The molecule has 0 aliphatic carbocycles. The van der Waals surface area contributed by atoms with Crippen LogP contribution in [0.3, 0.4) is 0 Å². The lowest BCUT2D eigenvalue weighted by Crippen LogP contribution is -2.41. The highest BCUT2D eigenvalue weighted by atomic mass is 16.7. The van der Waals surface area contributed by atoms with Crippen molar-refractivity contribution in [3.8, 4) is 0 Å². The van der Waals surface area contributed by atoms with Gasteiger partial charge in [0.05, 0.1) is 24.4 Å². The molecule has 20 heavy (non-hydrogen) atoms. The minimum atomic E-state index is -0.492. The Bertz CT molecular complexity index is 353. The molecule has 0 radical (unpaired) electrons. The molecular weight excluding hydrogens is 259 g/mol. The van der Waals surface area contributed by atoms with Gasteiger partial charge in [-0.2, -0.15) is 0 Å². The van der Waals surface area contributed by atoms with Crippen molar-refractivity contribution in [1.82, 2.24) is 0 Å². The number of hydrogen-bond acceptors (Lipinski definition) is 6. The Balaban J connectivity index is 2.51. The number of aliphatic imine (C=N–C) groups is 1. The van der Waals surface area contributed by atoms with Crippen molar-refractivity contribution in [3.05, 3.63) is 11.7 Å². The number of rotatable bonds is 7. The van der Waals surface area contributed by atoms with Crippen LogP contribution in [0.1, 0.15) is 27.7 Å². The van der Waals surface area contributed by atoms with Gasteiger partial charge in [0.15, 0.2) is 0 Å². The number of nitrogens with two attached hydrogens (primary N) is 1. The largest absolute Gasteiger partial charge is 0.497 e. The van der Waals surface area contributed by atoms with Crippen LogP contribution in [-0.2, 0) is 18.8 Å². The second-order valence-electron chi connectivity index (χ2n) is 5.60. The van der Waals surface area contributed by atoms with Crippen LogP contribution < -0.4 is 5.73 Å². The molecule has 6 nitrogen and oxygen atoms in total. The first kappa shape index (κ1) is 17.2. The Morgan fingerprint density at radius 2 is 1.85 bits per heavy atom.